The van der Waals surface area contributed by atoms with Crippen molar-refractivity contribution in [2.75, 3.05) is 7.11 Å². The third-order valence-electron chi connectivity index (χ3n) is 3.22. The Kier molecular flexibility index (Phi) is 3.59. The van der Waals surface area contributed by atoms with Gasteiger partial charge in [-0.1, -0.05) is 12.1 Å². The molecule has 0 saturated heterocycles. The van der Waals surface area contributed by atoms with E-state index in [4.69, 9.17) is 0 Å². The molecule has 0 aliphatic carbocycles. The highest BCUT2D eigenvalue weighted by Crippen LogP contribution is 2.40. The lowest BCUT2D eigenvalue weighted by Crippen LogP contribution is -2.55. The number of hydrogen-bond donors (Lipinski definition) is 0. The largest absolute Gasteiger partial charge is 0.465 e. The number of methoxy groups -OCH3 is 1. The quantitative estimate of drug-likeness (QED) is 0.777. The second kappa shape index (κ2) is 5.34. The number of alkyl halides is 3. The van der Waals surface area contributed by atoms with Crippen molar-refractivity contribution in [3.63, 3.8) is 0 Å². The number of nitrogens with zero attached hydrogens (tertiary/aromatic N) is 3. The predicted molar refractivity (Wildman–Crippen MR) is 79.2 cm³/mol. The topological polar surface area (TPSA) is 54.3 Å². The molecule has 0 radical (unpaired) electrons. The number of aliphatic imine (C=N–C) groups is 2. The maximum atomic E-state index is 13.6. The minimum absolute atomic E-state index is 0.00618. The molecule has 0 spiro atoms. The van der Waals surface area contributed by atoms with Gasteiger partial charge in [0.2, 0.25) is 0 Å². The van der Waals surface area contributed by atoms with Gasteiger partial charge in [-0.05, 0) is 23.6 Å². The molecule has 0 amide bonds. The van der Waals surface area contributed by atoms with E-state index < -0.39 is 17.8 Å². The lowest BCUT2D eigenvalue weighted by Gasteiger charge is -2.35. The van der Waals surface area contributed by atoms with E-state index in [9.17, 15) is 18.0 Å². The molecule has 3 heterocycles. The molecule has 120 valence electrons. The van der Waals surface area contributed by atoms with E-state index in [1.807, 2.05) is 0 Å². The standard InChI is InChI=1S/C14H10F3N3O2S/c1-22-12(21)13(14(15,16)17)18-10-6-2-3-7-20(10)11(19-13)9-5-4-8-23-9/h2-8H,1H3/t13-/m1/s1. The van der Waals surface area contributed by atoms with Crippen LogP contribution in [0.2, 0.25) is 0 Å². The maximum Gasteiger partial charge on any atom is 0.445 e. The molecule has 0 bridgehead atoms. The number of ether oxygens (including phenoxy) is 1. The highest BCUT2D eigenvalue weighted by atomic mass is 32.1. The van der Waals surface area contributed by atoms with Gasteiger partial charge in [0, 0.05) is 6.20 Å². The molecule has 0 aromatic carbocycles. The lowest BCUT2D eigenvalue weighted by atomic mass is 10.1. The molecule has 3 rings (SSSR count). The average Bonchev–Trinajstić information content (AvgIpc) is 3.06. The fourth-order valence-corrected chi connectivity index (χ4v) is 2.87. The van der Waals surface area contributed by atoms with Crippen molar-refractivity contribution in [3.8, 4) is 0 Å². The van der Waals surface area contributed by atoms with Crippen molar-refractivity contribution >= 4 is 29.0 Å². The molecule has 0 saturated carbocycles. The molecule has 23 heavy (non-hydrogen) atoms. The van der Waals surface area contributed by atoms with Crippen LogP contribution in [-0.4, -0.2) is 41.5 Å². The van der Waals surface area contributed by atoms with Gasteiger partial charge < -0.3 is 4.74 Å². The van der Waals surface area contributed by atoms with Gasteiger partial charge in [-0.2, -0.15) is 13.2 Å². The first-order chi connectivity index (χ1) is 10.9. The summed E-state index contributed by atoms with van der Waals surface area (Å²) in [6, 6.07) is 3.31. The number of rotatable bonds is 2. The van der Waals surface area contributed by atoms with Crippen LogP contribution in [-0.2, 0) is 9.53 Å². The van der Waals surface area contributed by atoms with Gasteiger partial charge in [0.15, 0.2) is 5.84 Å². The number of hydrogen-bond acceptors (Lipinski definition) is 6. The van der Waals surface area contributed by atoms with Crippen molar-refractivity contribution in [3.05, 3.63) is 46.8 Å². The molecule has 9 heteroatoms. The van der Waals surface area contributed by atoms with Crippen molar-refractivity contribution in [1.29, 1.82) is 0 Å². The van der Waals surface area contributed by atoms with Crippen molar-refractivity contribution in [2.45, 2.75) is 11.8 Å². The normalized spacial score (nSPS) is 23.2. The Bertz CT molecular complexity index is 750. The summed E-state index contributed by atoms with van der Waals surface area (Å²) in [5.74, 6) is -1.61. The third-order valence-corrected chi connectivity index (χ3v) is 4.08. The van der Waals surface area contributed by atoms with Gasteiger partial charge >= 0.3 is 17.8 Å². The number of fused-ring (bicyclic) bond motifs is 1. The summed E-state index contributed by atoms with van der Waals surface area (Å²) in [6.07, 6.45) is 1.06. The second-order valence-corrected chi connectivity index (χ2v) is 5.56. The zero-order valence-corrected chi connectivity index (χ0v) is 12.6. The van der Waals surface area contributed by atoms with Gasteiger partial charge in [-0.3, -0.25) is 4.90 Å². The molecule has 5 nitrogen and oxygen atoms in total. The number of carbonyl (C=O) groups excluding carboxylic acids is 1. The first-order valence-electron chi connectivity index (χ1n) is 6.42. The third kappa shape index (κ3) is 2.37. The molecule has 1 aromatic rings. The number of esters is 1. The van der Waals surface area contributed by atoms with E-state index >= 15 is 0 Å². The van der Waals surface area contributed by atoms with E-state index in [1.54, 1.807) is 23.6 Å². The number of allylic oxidation sites excluding steroid dienone is 2. The second-order valence-electron chi connectivity index (χ2n) is 4.61. The molecular formula is C14H10F3N3O2S. The summed E-state index contributed by atoms with van der Waals surface area (Å²) >= 11 is 1.21. The Labute approximate surface area is 133 Å². The van der Waals surface area contributed by atoms with Gasteiger partial charge in [0.1, 0.15) is 5.84 Å². The summed E-state index contributed by atoms with van der Waals surface area (Å²) in [4.78, 5) is 21.0. The van der Waals surface area contributed by atoms with Crippen LogP contribution in [0.4, 0.5) is 13.2 Å². The smallest absolute Gasteiger partial charge is 0.445 e. The maximum absolute atomic E-state index is 13.6. The van der Waals surface area contributed by atoms with Crippen LogP contribution in [0.15, 0.2) is 51.9 Å². The van der Waals surface area contributed by atoms with Gasteiger partial charge in [0.25, 0.3) is 0 Å². The number of thiophene rings is 1. The Balaban J connectivity index is 2.25. The van der Waals surface area contributed by atoms with E-state index in [0.29, 0.717) is 4.88 Å². The van der Waals surface area contributed by atoms with E-state index in [-0.39, 0.29) is 11.7 Å². The van der Waals surface area contributed by atoms with Gasteiger partial charge in [-0.15, -0.1) is 11.3 Å². The minimum atomic E-state index is -5.03. The van der Waals surface area contributed by atoms with Crippen molar-refractivity contribution in [1.82, 2.24) is 4.90 Å². The number of carbonyl (C=O) groups is 1. The van der Waals surface area contributed by atoms with Gasteiger partial charge in [-0.25, -0.2) is 14.8 Å². The zero-order chi connectivity index (χ0) is 16.7. The minimum Gasteiger partial charge on any atom is -0.465 e. The Morgan fingerprint density at radius 1 is 1.35 bits per heavy atom. The molecule has 1 atom stereocenters. The number of halogens is 3. The van der Waals surface area contributed by atoms with E-state index in [1.165, 1.54) is 34.6 Å². The molecule has 0 N–H and O–H groups in total. The van der Waals surface area contributed by atoms with E-state index in [2.05, 4.69) is 14.7 Å². The SMILES string of the molecule is COC(=O)[C@@]1(C(F)(F)F)N=C2C=CC=CN2C(c2cccs2)=N1. The zero-order valence-electron chi connectivity index (χ0n) is 11.7. The summed E-state index contributed by atoms with van der Waals surface area (Å²) in [5, 5.41) is 1.71. The number of amidine groups is 2. The van der Waals surface area contributed by atoms with Crippen LogP contribution in [0.1, 0.15) is 4.88 Å². The van der Waals surface area contributed by atoms with E-state index in [0.717, 1.165) is 7.11 Å². The molecule has 1 aromatic heterocycles. The first-order valence-corrected chi connectivity index (χ1v) is 7.30. The summed E-state index contributed by atoms with van der Waals surface area (Å²) in [5.41, 5.74) is -3.30. The summed E-state index contributed by atoms with van der Waals surface area (Å²) < 4.78 is 45.2. The highest BCUT2D eigenvalue weighted by molar-refractivity contribution is 7.12. The monoisotopic (exact) mass is 341 g/mol. The molecule has 2 aliphatic rings. The highest BCUT2D eigenvalue weighted by Gasteiger charge is 2.64. The average molecular weight is 341 g/mol. The van der Waals surface area contributed by atoms with Crippen molar-refractivity contribution in [2.24, 2.45) is 9.98 Å². The fraction of sp³-hybridized carbons (Fsp3) is 0.214. The van der Waals surface area contributed by atoms with Crippen molar-refractivity contribution < 1.29 is 22.7 Å². The molecule has 0 unspecified atom stereocenters. The Morgan fingerprint density at radius 2 is 2.13 bits per heavy atom. The lowest BCUT2D eigenvalue weighted by molar-refractivity contribution is -0.202. The van der Waals surface area contributed by atoms with Crippen LogP contribution < -0.4 is 0 Å². The van der Waals surface area contributed by atoms with Crippen LogP contribution in [0, 0.1) is 0 Å². The summed E-state index contributed by atoms with van der Waals surface area (Å²) in [6.45, 7) is 0. The Hall–Kier alpha value is -2.42. The first kappa shape index (κ1) is 15.5. The molecule has 0 fully saturated rings. The van der Waals surface area contributed by atoms with Crippen LogP contribution in [0.25, 0.3) is 0 Å². The van der Waals surface area contributed by atoms with Crippen LogP contribution >= 0.6 is 11.3 Å². The fourth-order valence-electron chi connectivity index (χ4n) is 2.16. The van der Waals surface area contributed by atoms with Crippen LogP contribution in [0.5, 0.6) is 0 Å². The predicted octanol–water partition coefficient (Wildman–Crippen LogP) is 2.72. The molecular weight excluding hydrogens is 331 g/mol. The molecule has 2 aliphatic heterocycles. The Morgan fingerprint density at radius 3 is 2.74 bits per heavy atom. The van der Waals surface area contributed by atoms with Gasteiger partial charge in [0.05, 0.1) is 12.0 Å². The van der Waals surface area contributed by atoms with Crippen LogP contribution in [0.3, 0.4) is 0 Å². The summed E-state index contributed by atoms with van der Waals surface area (Å²) in [7, 11) is 0.874.